The van der Waals surface area contributed by atoms with Gasteiger partial charge in [0.2, 0.25) is 0 Å². The standard InChI is InChI=1S/C15H23NO/c1-3-17-12(2)11-16-15-10-6-8-13-7-4-5-9-14(13)15/h4-5,7,9,12,15-16H,3,6,8,10-11H2,1-2H3. The second-order valence-corrected chi connectivity index (χ2v) is 4.82. The average Bonchev–Trinajstić information content (AvgIpc) is 2.36. The van der Waals surface area contributed by atoms with Crippen molar-refractivity contribution in [3.63, 3.8) is 0 Å². The number of rotatable bonds is 5. The van der Waals surface area contributed by atoms with Crippen molar-refractivity contribution in [2.24, 2.45) is 0 Å². The number of nitrogens with one attached hydrogen (secondary N) is 1. The van der Waals surface area contributed by atoms with Crippen LogP contribution in [0.15, 0.2) is 24.3 Å². The van der Waals surface area contributed by atoms with Gasteiger partial charge in [-0.1, -0.05) is 24.3 Å². The van der Waals surface area contributed by atoms with Gasteiger partial charge in [0, 0.05) is 19.2 Å². The predicted molar refractivity (Wildman–Crippen MR) is 71.2 cm³/mol. The molecule has 0 bridgehead atoms. The Balaban J connectivity index is 1.94. The van der Waals surface area contributed by atoms with Gasteiger partial charge in [0.15, 0.2) is 0 Å². The molecular weight excluding hydrogens is 210 g/mol. The van der Waals surface area contributed by atoms with Crippen LogP contribution < -0.4 is 5.32 Å². The molecule has 1 aromatic rings. The first kappa shape index (κ1) is 12.6. The van der Waals surface area contributed by atoms with E-state index in [4.69, 9.17) is 4.74 Å². The number of fused-ring (bicyclic) bond motifs is 1. The molecule has 0 amide bonds. The summed E-state index contributed by atoms with van der Waals surface area (Å²) >= 11 is 0. The van der Waals surface area contributed by atoms with Crippen LogP contribution in [-0.2, 0) is 11.2 Å². The number of hydrogen-bond donors (Lipinski definition) is 1. The zero-order valence-electron chi connectivity index (χ0n) is 10.9. The third-order valence-corrected chi connectivity index (χ3v) is 3.47. The first-order chi connectivity index (χ1) is 8.31. The van der Waals surface area contributed by atoms with Crippen molar-refractivity contribution in [3.05, 3.63) is 35.4 Å². The van der Waals surface area contributed by atoms with E-state index in [0.29, 0.717) is 12.1 Å². The third-order valence-electron chi connectivity index (χ3n) is 3.47. The second kappa shape index (κ2) is 6.18. The lowest BCUT2D eigenvalue weighted by Gasteiger charge is -2.27. The van der Waals surface area contributed by atoms with Crippen LogP contribution in [0.25, 0.3) is 0 Å². The molecule has 0 spiro atoms. The molecular formula is C15H23NO. The van der Waals surface area contributed by atoms with E-state index in [9.17, 15) is 0 Å². The summed E-state index contributed by atoms with van der Waals surface area (Å²) in [6, 6.07) is 9.32. The van der Waals surface area contributed by atoms with Crippen molar-refractivity contribution >= 4 is 0 Å². The van der Waals surface area contributed by atoms with E-state index in [1.54, 1.807) is 0 Å². The van der Waals surface area contributed by atoms with Gasteiger partial charge in [-0.15, -0.1) is 0 Å². The van der Waals surface area contributed by atoms with Crippen molar-refractivity contribution in [1.29, 1.82) is 0 Å². The topological polar surface area (TPSA) is 21.3 Å². The molecule has 0 saturated carbocycles. The molecule has 94 valence electrons. The van der Waals surface area contributed by atoms with Crippen LogP contribution in [0, 0.1) is 0 Å². The molecule has 2 heteroatoms. The van der Waals surface area contributed by atoms with Crippen LogP contribution in [0.3, 0.4) is 0 Å². The minimum Gasteiger partial charge on any atom is -0.377 e. The summed E-state index contributed by atoms with van der Waals surface area (Å²) in [6.45, 7) is 5.91. The number of benzene rings is 1. The molecule has 1 N–H and O–H groups in total. The fourth-order valence-electron chi connectivity index (χ4n) is 2.62. The minimum absolute atomic E-state index is 0.300. The second-order valence-electron chi connectivity index (χ2n) is 4.82. The number of aryl methyl sites for hydroxylation is 1. The molecule has 0 aromatic heterocycles. The summed E-state index contributed by atoms with van der Waals surface area (Å²) in [7, 11) is 0. The van der Waals surface area contributed by atoms with E-state index in [1.807, 2.05) is 6.92 Å². The maximum absolute atomic E-state index is 5.56. The fourth-order valence-corrected chi connectivity index (χ4v) is 2.62. The van der Waals surface area contributed by atoms with Gasteiger partial charge in [-0.3, -0.25) is 0 Å². The van der Waals surface area contributed by atoms with Crippen molar-refractivity contribution in [2.75, 3.05) is 13.2 Å². The maximum Gasteiger partial charge on any atom is 0.0671 e. The Morgan fingerprint density at radius 3 is 3.06 bits per heavy atom. The first-order valence-corrected chi connectivity index (χ1v) is 6.74. The lowest BCUT2D eigenvalue weighted by Crippen LogP contribution is -2.32. The lowest BCUT2D eigenvalue weighted by molar-refractivity contribution is 0.0734. The van der Waals surface area contributed by atoms with Crippen molar-refractivity contribution < 1.29 is 4.74 Å². The monoisotopic (exact) mass is 233 g/mol. The molecule has 1 aliphatic carbocycles. The SMILES string of the molecule is CCOC(C)CNC1CCCc2ccccc21. The molecule has 17 heavy (non-hydrogen) atoms. The smallest absolute Gasteiger partial charge is 0.0671 e. The highest BCUT2D eigenvalue weighted by atomic mass is 16.5. The average molecular weight is 233 g/mol. The van der Waals surface area contributed by atoms with E-state index < -0.39 is 0 Å². The largest absolute Gasteiger partial charge is 0.377 e. The molecule has 0 saturated heterocycles. The Morgan fingerprint density at radius 1 is 1.41 bits per heavy atom. The van der Waals surface area contributed by atoms with Crippen molar-refractivity contribution in [1.82, 2.24) is 5.32 Å². The van der Waals surface area contributed by atoms with Gasteiger partial charge in [-0.2, -0.15) is 0 Å². The van der Waals surface area contributed by atoms with E-state index in [1.165, 1.54) is 30.4 Å². The summed E-state index contributed by atoms with van der Waals surface area (Å²) in [5.74, 6) is 0. The Kier molecular flexibility index (Phi) is 4.57. The van der Waals surface area contributed by atoms with E-state index in [0.717, 1.165) is 13.2 Å². The summed E-state index contributed by atoms with van der Waals surface area (Å²) in [4.78, 5) is 0. The maximum atomic E-state index is 5.56. The van der Waals surface area contributed by atoms with Gasteiger partial charge in [-0.25, -0.2) is 0 Å². The minimum atomic E-state index is 0.300. The summed E-state index contributed by atoms with van der Waals surface area (Å²) in [5, 5.41) is 3.64. The Labute approximate surface area is 104 Å². The normalized spacial score (nSPS) is 20.9. The summed E-state index contributed by atoms with van der Waals surface area (Å²) in [6.07, 6.45) is 4.07. The summed E-state index contributed by atoms with van der Waals surface area (Å²) < 4.78 is 5.56. The lowest BCUT2D eigenvalue weighted by atomic mass is 9.88. The van der Waals surface area contributed by atoms with Gasteiger partial charge < -0.3 is 10.1 Å². The van der Waals surface area contributed by atoms with E-state index in [2.05, 4.69) is 36.5 Å². The zero-order valence-corrected chi connectivity index (χ0v) is 10.9. The molecule has 1 aromatic carbocycles. The first-order valence-electron chi connectivity index (χ1n) is 6.74. The van der Waals surface area contributed by atoms with E-state index in [-0.39, 0.29) is 0 Å². The highest BCUT2D eigenvalue weighted by Crippen LogP contribution is 2.29. The van der Waals surface area contributed by atoms with Gasteiger partial charge in [0.05, 0.1) is 6.10 Å². The van der Waals surface area contributed by atoms with Crippen LogP contribution in [0.4, 0.5) is 0 Å². The highest BCUT2D eigenvalue weighted by Gasteiger charge is 2.19. The number of hydrogen-bond acceptors (Lipinski definition) is 2. The molecule has 2 nitrogen and oxygen atoms in total. The fraction of sp³-hybridized carbons (Fsp3) is 0.600. The third kappa shape index (κ3) is 3.30. The van der Waals surface area contributed by atoms with Crippen molar-refractivity contribution in [2.45, 2.75) is 45.3 Å². The van der Waals surface area contributed by atoms with Gasteiger partial charge >= 0.3 is 0 Å². The van der Waals surface area contributed by atoms with Crippen LogP contribution in [0.5, 0.6) is 0 Å². The molecule has 1 aliphatic rings. The van der Waals surface area contributed by atoms with Crippen LogP contribution in [-0.4, -0.2) is 19.3 Å². The van der Waals surface area contributed by atoms with Gasteiger partial charge in [0.25, 0.3) is 0 Å². The predicted octanol–water partition coefficient (Wildman–Crippen LogP) is 3.08. The molecule has 0 aliphatic heterocycles. The van der Waals surface area contributed by atoms with Gasteiger partial charge in [0.1, 0.15) is 0 Å². The Morgan fingerprint density at radius 2 is 2.24 bits per heavy atom. The quantitative estimate of drug-likeness (QED) is 0.844. The van der Waals surface area contributed by atoms with Crippen LogP contribution in [0.1, 0.15) is 43.9 Å². The van der Waals surface area contributed by atoms with Crippen LogP contribution in [0.2, 0.25) is 0 Å². The molecule has 0 heterocycles. The molecule has 0 fully saturated rings. The Hall–Kier alpha value is -0.860. The van der Waals surface area contributed by atoms with Gasteiger partial charge in [-0.05, 0) is 44.2 Å². The Bertz CT molecular complexity index is 351. The molecule has 2 unspecified atom stereocenters. The van der Waals surface area contributed by atoms with E-state index >= 15 is 0 Å². The number of ether oxygens (including phenoxy) is 1. The molecule has 2 rings (SSSR count). The van der Waals surface area contributed by atoms with Crippen molar-refractivity contribution in [3.8, 4) is 0 Å². The van der Waals surface area contributed by atoms with Crippen LogP contribution >= 0.6 is 0 Å². The molecule has 0 radical (unpaired) electrons. The zero-order chi connectivity index (χ0) is 12.1. The highest BCUT2D eigenvalue weighted by molar-refractivity contribution is 5.32. The molecule has 2 atom stereocenters. The summed E-state index contributed by atoms with van der Waals surface area (Å²) in [5.41, 5.74) is 3.00.